The number of hydrogen-bond donors (Lipinski definition) is 1. The van der Waals surface area contributed by atoms with Gasteiger partial charge < -0.3 is 19.4 Å². The average molecular weight is 349 g/mol. The zero-order valence-corrected chi connectivity index (χ0v) is 15.0. The van der Waals surface area contributed by atoms with Gasteiger partial charge >= 0.3 is 6.09 Å². The molecule has 1 saturated carbocycles. The van der Waals surface area contributed by atoms with Gasteiger partial charge in [-0.2, -0.15) is 0 Å². The molecule has 0 radical (unpaired) electrons. The third kappa shape index (κ3) is 3.92. The molecule has 2 aromatic rings. The summed E-state index contributed by atoms with van der Waals surface area (Å²) in [5.41, 5.74) is 0.885. The molecular weight excluding hydrogens is 325 g/mol. The highest BCUT2D eigenvalue weighted by atomic mass is 19.1. The van der Waals surface area contributed by atoms with Gasteiger partial charge in [0.2, 0.25) is 0 Å². The number of aromatic nitrogens is 2. The number of rotatable bonds is 4. The molecule has 1 N–H and O–H groups in total. The van der Waals surface area contributed by atoms with Gasteiger partial charge in [0, 0.05) is 13.2 Å². The molecule has 1 aromatic carbocycles. The molecule has 1 amide bonds. The van der Waals surface area contributed by atoms with Crippen molar-refractivity contribution in [1.29, 1.82) is 0 Å². The molecule has 1 fully saturated rings. The Bertz CT molecular complexity index is 776. The molecular formula is C18H24FN3O3. The van der Waals surface area contributed by atoms with Crippen molar-refractivity contribution >= 4 is 17.1 Å². The number of nitrogens with zero attached hydrogens (tertiary/aromatic N) is 2. The van der Waals surface area contributed by atoms with Gasteiger partial charge in [-0.25, -0.2) is 14.2 Å². The summed E-state index contributed by atoms with van der Waals surface area (Å²) in [5.74, 6) is 0.383. The Kier molecular flexibility index (Phi) is 4.69. The molecule has 0 aliphatic heterocycles. The van der Waals surface area contributed by atoms with E-state index >= 15 is 0 Å². The largest absolute Gasteiger partial charge is 0.444 e. The fourth-order valence-electron chi connectivity index (χ4n) is 3.05. The number of benzene rings is 1. The number of imidazole rings is 1. The monoisotopic (exact) mass is 349 g/mol. The summed E-state index contributed by atoms with van der Waals surface area (Å²) in [6.07, 6.45) is 1.40. The lowest BCUT2D eigenvalue weighted by molar-refractivity contribution is 0.00636. The summed E-state index contributed by atoms with van der Waals surface area (Å²) >= 11 is 0. The van der Waals surface area contributed by atoms with Gasteiger partial charge in [-0.1, -0.05) is 0 Å². The predicted molar refractivity (Wildman–Crippen MR) is 91.8 cm³/mol. The molecule has 136 valence electrons. The van der Waals surface area contributed by atoms with Crippen LogP contribution in [0.5, 0.6) is 0 Å². The summed E-state index contributed by atoms with van der Waals surface area (Å²) < 4.78 is 26.3. The maximum atomic E-state index is 13.7. The number of halogens is 1. The van der Waals surface area contributed by atoms with Crippen LogP contribution in [-0.4, -0.2) is 34.5 Å². The number of methoxy groups -OCH3 is 1. The van der Waals surface area contributed by atoms with Crippen LogP contribution in [0.15, 0.2) is 18.2 Å². The van der Waals surface area contributed by atoms with Gasteiger partial charge in [0.1, 0.15) is 17.2 Å². The number of alkyl carbamates (subject to hydrolysis) is 1. The van der Waals surface area contributed by atoms with Crippen molar-refractivity contribution in [2.75, 3.05) is 7.11 Å². The Balaban J connectivity index is 1.83. The van der Waals surface area contributed by atoms with Gasteiger partial charge in [-0.15, -0.1) is 0 Å². The SMILES string of the molecule is CO[C@H]1C[C@@H](n2c(CNC(=O)OC(C)(C)C)nc3ccc(F)cc32)C1. The van der Waals surface area contributed by atoms with E-state index in [4.69, 9.17) is 9.47 Å². The van der Waals surface area contributed by atoms with E-state index in [2.05, 4.69) is 10.3 Å². The van der Waals surface area contributed by atoms with E-state index in [0.717, 1.165) is 18.4 Å². The fraction of sp³-hybridized carbons (Fsp3) is 0.556. The third-order valence-corrected chi connectivity index (χ3v) is 4.28. The van der Waals surface area contributed by atoms with Crippen molar-refractivity contribution in [3.63, 3.8) is 0 Å². The van der Waals surface area contributed by atoms with E-state index in [1.165, 1.54) is 12.1 Å². The van der Waals surface area contributed by atoms with Crippen LogP contribution in [0.1, 0.15) is 45.5 Å². The second kappa shape index (κ2) is 6.63. The minimum Gasteiger partial charge on any atom is -0.444 e. The minimum atomic E-state index is -0.562. The molecule has 0 spiro atoms. The highest BCUT2D eigenvalue weighted by molar-refractivity contribution is 5.76. The molecule has 6 nitrogen and oxygen atoms in total. The Morgan fingerprint density at radius 2 is 2.12 bits per heavy atom. The fourth-order valence-corrected chi connectivity index (χ4v) is 3.05. The van der Waals surface area contributed by atoms with E-state index < -0.39 is 11.7 Å². The van der Waals surface area contributed by atoms with Gasteiger partial charge in [0.05, 0.1) is 23.7 Å². The molecule has 1 aliphatic carbocycles. The summed E-state index contributed by atoms with van der Waals surface area (Å²) in [6, 6.07) is 4.72. The van der Waals surface area contributed by atoms with Gasteiger partial charge in [0.25, 0.3) is 0 Å². The van der Waals surface area contributed by atoms with Crippen molar-refractivity contribution in [3.05, 3.63) is 29.8 Å². The van der Waals surface area contributed by atoms with Crippen LogP contribution in [0, 0.1) is 5.82 Å². The van der Waals surface area contributed by atoms with Crippen LogP contribution in [0.4, 0.5) is 9.18 Å². The van der Waals surface area contributed by atoms with Gasteiger partial charge in [-0.3, -0.25) is 0 Å². The topological polar surface area (TPSA) is 65.4 Å². The third-order valence-electron chi connectivity index (χ3n) is 4.28. The lowest BCUT2D eigenvalue weighted by Crippen LogP contribution is -2.35. The Hall–Kier alpha value is -2.15. The Labute approximate surface area is 146 Å². The second-order valence-corrected chi connectivity index (χ2v) is 7.37. The van der Waals surface area contributed by atoms with Crippen LogP contribution in [0.3, 0.4) is 0 Å². The van der Waals surface area contributed by atoms with Gasteiger partial charge in [-0.05, 0) is 51.8 Å². The van der Waals surface area contributed by atoms with Crippen LogP contribution in [-0.2, 0) is 16.0 Å². The van der Waals surface area contributed by atoms with Crippen molar-refractivity contribution in [2.45, 2.75) is 57.9 Å². The molecule has 0 saturated heterocycles. The average Bonchev–Trinajstić information content (AvgIpc) is 2.80. The maximum Gasteiger partial charge on any atom is 0.408 e. The molecule has 1 heterocycles. The molecule has 0 atom stereocenters. The maximum absolute atomic E-state index is 13.7. The van der Waals surface area contributed by atoms with E-state index in [-0.39, 0.29) is 24.5 Å². The number of ether oxygens (including phenoxy) is 2. The lowest BCUT2D eigenvalue weighted by atomic mass is 9.88. The summed E-state index contributed by atoms with van der Waals surface area (Å²) in [5, 5.41) is 2.73. The van der Waals surface area contributed by atoms with Gasteiger partial charge in [0.15, 0.2) is 0 Å². The second-order valence-electron chi connectivity index (χ2n) is 7.37. The van der Waals surface area contributed by atoms with E-state index in [9.17, 15) is 9.18 Å². The number of carbonyl (C=O) groups is 1. The summed E-state index contributed by atoms with van der Waals surface area (Å²) in [4.78, 5) is 16.5. The first kappa shape index (κ1) is 17.7. The molecule has 3 rings (SSSR count). The number of nitrogens with one attached hydrogen (secondary N) is 1. The first-order valence-electron chi connectivity index (χ1n) is 8.43. The van der Waals surface area contributed by atoms with Crippen LogP contribution in [0.25, 0.3) is 11.0 Å². The van der Waals surface area contributed by atoms with Crippen molar-refractivity contribution in [2.24, 2.45) is 0 Å². The molecule has 0 unspecified atom stereocenters. The van der Waals surface area contributed by atoms with Crippen molar-refractivity contribution in [3.8, 4) is 0 Å². The summed E-state index contributed by atoms with van der Waals surface area (Å²) in [7, 11) is 1.69. The first-order valence-corrected chi connectivity index (χ1v) is 8.43. The quantitative estimate of drug-likeness (QED) is 0.917. The smallest absolute Gasteiger partial charge is 0.408 e. The highest BCUT2D eigenvalue weighted by Crippen LogP contribution is 2.37. The summed E-state index contributed by atoms with van der Waals surface area (Å²) in [6.45, 7) is 5.65. The van der Waals surface area contributed by atoms with E-state index in [1.54, 1.807) is 13.2 Å². The lowest BCUT2D eigenvalue weighted by Gasteiger charge is -2.36. The Morgan fingerprint density at radius 3 is 2.76 bits per heavy atom. The number of carbonyl (C=O) groups excluding carboxylic acids is 1. The standard InChI is InChI=1S/C18H24FN3O3/c1-18(2,3)25-17(23)20-10-16-21-14-6-5-11(19)7-15(14)22(16)12-8-13(9-12)24-4/h5-7,12-13H,8-10H2,1-4H3,(H,20,23)/t12-,13+. The van der Waals surface area contributed by atoms with Crippen molar-refractivity contribution in [1.82, 2.24) is 14.9 Å². The Morgan fingerprint density at radius 1 is 1.40 bits per heavy atom. The van der Waals surface area contributed by atoms with Crippen molar-refractivity contribution < 1.29 is 18.7 Å². The predicted octanol–water partition coefficient (Wildman–Crippen LogP) is 3.55. The zero-order valence-electron chi connectivity index (χ0n) is 15.0. The minimum absolute atomic E-state index is 0.187. The van der Waals surface area contributed by atoms with E-state index in [0.29, 0.717) is 11.3 Å². The zero-order chi connectivity index (χ0) is 18.2. The molecule has 1 aliphatic rings. The van der Waals surface area contributed by atoms with Crippen LogP contribution in [0.2, 0.25) is 0 Å². The molecule has 25 heavy (non-hydrogen) atoms. The molecule has 0 bridgehead atoms. The number of amides is 1. The van der Waals surface area contributed by atoms with E-state index in [1.807, 2.05) is 25.3 Å². The first-order chi connectivity index (χ1) is 11.8. The molecule has 7 heteroatoms. The van der Waals surface area contributed by atoms with Crippen LogP contribution >= 0.6 is 0 Å². The normalized spacial score (nSPS) is 20.4. The number of fused-ring (bicyclic) bond motifs is 1. The van der Waals surface area contributed by atoms with Crippen LogP contribution < -0.4 is 5.32 Å². The molecule has 1 aromatic heterocycles. The highest BCUT2D eigenvalue weighted by Gasteiger charge is 2.33. The number of hydrogen-bond acceptors (Lipinski definition) is 4.